The van der Waals surface area contributed by atoms with Gasteiger partial charge in [0.1, 0.15) is 11.8 Å². The van der Waals surface area contributed by atoms with Crippen LogP contribution in [0.5, 0.6) is 0 Å². The number of rotatable bonds is 10. The summed E-state index contributed by atoms with van der Waals surface area (Å²) in [5.74, 6) is -2.15. The van der Waals surface area contributed by atoms with Crippen LogP contribution in [0.4, 0.5) is 0 Å². The monoisotopic (exact) mass is 523 g/mol. The van der Waals surface area contributed by atoms with Gasteiger partial charge in [0.05, 0.1) is 6.42 Å². The summed E-state index contributed by atoms with van der Waals surface area (Å²) < 4.78 is 10.1. The van der Waals surface area contributed by atoms with Gasteiger partial charge in [-0.15, -0.1) is 0 Å². The first kappa shape index (κ1) is 28.3. The highest BCUT2D eigenvalue weighted by Crippen LogP contribution is 2.18. The Labute approximate surface area is 220 Å². The van der Waals surface area contributed by atoms with E-state index in [0.717, 1.165) is 16.3 Å². The van der Waals surface area contributed by atoms with Crippen molar-refractivity contribution in [3.8, 4) is 0 Å². The summed E-state index contributed by atoms with van der Waals surface area (Å²) in [6.07, 6.45) is -1.74. The largest absolute Gasteiger partial charge is 0.361 e. The fourth-order valence-corrected chi connectivity index (χ4v) is 3.75. The summed E-state index contributed by atoms with van der Waals surface area (Å²) in [4.78, 5) is 51.2. The molecule has 0 aliphatic rings. The predicted octanol–water partition coefficient (Wildman–Crippen LogP) is 1.94. The lowest BCUT2D eigenvalue weighted by Crippen LogP contribution is -2.56. The summed E-state index contributed by atoms with van der Waals surface area (Å²) in [6.45, 7) is 7.19. The normalized spacial score (nSPS) is 12.9. The minimum atomic E-state index is -1.36. The van der Waals surface area contributed by atoms with E-state index in [2.05, 4.69) is 26.4 Å². The molecule has 1 aromatic heterocycles. The van der Waals surface area contributed by atoms with Crippen LogP contribution < -0.4 is 21.3 Å². The topological polar surface area (TPSA) is 152 Å². The van der Waals surface area contributed by atoms with Crippen molar-refractivity contribution in [2.24, 2.45) is 0 Å². The number of carbonyl (C=O) groups excluding carboxylic acids is 4. The lowest BCUT2D eigenvalue weighted by atomic mass is 10.0. The summed E-state index contributed by atoms with van der Waals surface area (Å²) in [5.41, 5.74) is 0.291. The van der Waals surface area contributed by atoms with Crippen LogP contribution >= 0.6 is 0 Å². The lowest BCUT2D eigenvalue weighted by molar-refractivity contribution is -0.140. The van der Waals surface area contributed by atoms with E-state index in [0.29, 0.717) is 5.76 Å². The molecule has 0 bridgehead atoms. The van der Waals surface area contributed by atoms with E-state index in [1.54, 1.807) is 27.7 Å². The summed E-state index contributed by atoms with van der Waals surface area (Å²) in [6, 6.07) is 13.6. The van der Waals surface area contributed by atoms with Gasteiger partial charge in [-0.3, -0.25) is 19.2 Å². The van der Waals surface area contributed by atoms with Crippen molar-refractivity contribution in [1.29, 1.82) is 0 Å². The summed E-state index contributed by atoms with van der Waals surface area (Å²) in [7, 11) is 1.26. The number of aryl methyl sites for hydroxylation is 1. The van der Waals surface area contributed by atoms with Gasteiger partial charge in [-0.05, 0) is 44.0 Å². The van der Waals surface area contributed by atoms with E-state index in [1.807, 2.05) is 42.5 Å². The van der Waals surface area contributed by atoms with Crippen LogP contribution in [0.15, 0.2) is 53.1 Å². The summed E-state index contributed by atoms with van der Waals surface area (Å²) >= 11 is 0. The molecule has 0 spiro atoms. The van der Waals surface area contributed by atoms with E-state index in [9.17, 15) is 19.2 Å². The molecule has 202 valence electrons. The highest BCUT2D eigenvalue weighted by atomic mass is 16.5. The number of fused-ring (bicyclic) bond motifs is 1. The second-order valence-corrected chi connectivity index (χ2v) is 9.83. The molecule has 0 unspecified atom stereocenters. The Hall–Kier alpha value is -4.25. The second-order valence-electron chi connectivity index (χ2n) is 9.83. The van der Waals surface area contributed by atoms with Gasteiger partial charge >= 0.3 is 0 Å². The van der Waals surface area contributed by atoms with Crippen molar-refractivity contribution in [2.75, 3.05) is 7.11 Å². The molecule has 3 aromatic rings. The Bertz CT molecular complexity index is 1310. The molecule has 0 aliphatic heterocycles. The quantitative estimate of drug-likeness (QED) is 0.296. The number of hydrogen-bond donors (Lipinski definition) is 4. The van der Waals surface area contributed by atoms with Crippen molar-refractivity contribution >= 4 is 34.4 Å². The van der Waals surface area contributed by atoms with Crippen LogP contribution in [-0.2, 0) is 25.7 Å². The molecule has 1 heterocycles. The fraction of sp³-hybridized carbons (Fsp3) is 0.370. The fourth-order valence-electron chi connectivity index (χ4n) is 3.75. The molecular weight excluding hydrogens is 490 g/mol. The van der Waals surface area contributed by atoms with Gasteiger partial charge in [0, 0.05) is 25.3 Å². The van der Waals surface area contributed by atoms with Gasteiger partial charge in [-0.1, -0.05) is 47.6 Å². The Morgan fingerprint density at radius 1 is 1.00 bits per heavy atom. The first-order chi connectivity index (χ1) is 18.0. The van der Waals surface area contributed by atoms with Crippen LogP contribution in [0, 0.1) is 6.92 Å². The zero-order valence-corrected chi connectivity index (χ0v) is 22.1. The van der Waals surface area contributed by atoms with Crippen LogP contribution in [0.2, 0.25) is 0 Å². The molecule has 4 amide bonds. The highest BCUT2D eigenvalue weighted by molar-refractivity contribution is 5.98. The second kappa shape index (κ2) is 12.3. The predicted molar refractivity (Wildman–Crippen MR) is 140 cm³/mol. The highest BCUT2D eigenvalue weighted by Gasteiger charge is 2.30. The number of carbonyl (C=O) groups is 4. The average molecular weight is 524 g/mol. The third kappa shape index (κ3) is 7.87. The van der Waals surface area contributed by atoms with Crippen LogP contribution in [0.1, 0.15) is 49.0 Å². The Morgan fingerprint density at radius 2 is 1.71 bits per heavy atom. The number of nitrogens with zero attached hydrogens (tertiary/aromatic N) is 1. The van der Waals surface area contributed by atoms with Crippen molar-refractivity contribution < 1.29 is 28.4 Å². The molecule has 0 saturated heterocycles. The number of amides is 4. The van der Waals surface area contributed by atoms with Crippen molar-refractivity contribution in [1.82, 2.24) is 26.4 Å². The van der Waals surface area contributed by atoms with Gasteiger partial charge in [0.15, 0.2) is 5.69 Å². The molecular formula is C27H33N5O6. The lowest BCUT2D eigenvalue weighted by Gasteiger charge is -2.24. The van der Waals surface area contributed by atoms with E-state index in [1.165, 1.54) is 13.2 Å². The molecule has 3 rings (SSSR count). The van der Waals surface area contributed by atoms with Crippen molar-refractivity contribution in [2.45, 2.75) is 58.5 Å². The minimum absolute atomic E-state index is 0.0485. The Kier molecular flexibility index (Phi) is 9.19. The first-order valence-electron chi connectivity index (χ1n) is 12.1. The molecule has 2 atom stereocenters. The third-order valence-corrected chi connectivity index (χ3v) is 5.47. The molecule has 0 saturated carbocycles. The van der Waals surface area contributed by atoms with E-state index in [-0.39, 0.29) is 18.7 Å². The molecule has 11 heteroatoms. The van der Waals surface area contributed by atoms with Crippen molar-refractivity contribution in [3.63, 3.8) is 0 Å². The minimum Gasteiger partial charge on any atom is -0.361 e. The Morgan fingerprint density at radius 3 is 2.37 bits per heavy atom. The van der Waals surface area contributed by atoms with Crippen LogP contribution in [0.25, 0.3) is 10.8 Å². The number of benzene rings is 2. The number of hydrogen-bond acceptors (Lipinski definition) is 7. The molecule has 38 heavy (non-hydrogen) atoms. The first-order valence-corrected chi connectivity index (χ1v) is 12.1. The third-order valence-electron chi connectivity index (χ3n) is 5.47. The van der Waals surface area contributed by atoms with Gasteiger partial charge in [0.2, 0.25) is 18.0 Å². The van der Waals surface area contributed by atoms with Crippen LogP contribution in [-0.4, -0.2) is 53.7 Å². The maximum Gasteiger partial charge on any atom is 0.274 e. The average Bonchev–Trinajstić information content (AvgIpc) is 3.30. The van der Waals surface area contributed by atoms with E-state index < -0.39 is 41.4 Å². The van der Waals surface area contributed by atoms with Crippen molar-refractivity contribution in [3.05, 3.63) is 65.5 Å². The number of ether oxygens (including phenoxy) is 1. The Balaban J connectivity index is 1.69. The molecule has 4 N–H and O–H groups in total. The van der Waals surface area contributed by atoms with Crippen LogP contribution in [0.3, 0.4) is 0 Å². The van der Waals surface area contributed by atoms with Gasteiger partial charge in [-0.2, -0.15) is 0 Å². The number of methoxy groups -OCH3 is 1. The smallest absolute Gasteiger partial charge is 0.274 e. The zero-order valence-electron chi connectivity index (χ0n) is 22.1. The number of nitrogens with one attached hydrogen (secondary N) is 4. The SMILES string of the molecule is CO[C@H](NC(=O)[C@H](CC(=O)NC(C)(C)C)NC(=O)c1cc(C)on1)C(=O)NCc1cccc2ccccc12. The molecule has 0 aliphatic carbocycles. The van der Waals surface area contributed by atoms with Gasteiger partial charge in [-0.25, -0.2) is 0 Å². The molecule has 2 aromatic carbocycles. The van der Waals surface area contributed by atoms with Gasteiger partial charge in [0.25, 0.3) is 11.8 Å². The number of aromatic nitrogens is 1. The van der Waals surface area contributed by atoms with E-state index in [4.69, 9.17) is 9.26 Å². The maximum atomic E-state index is 13.1. The summed E-state index contributed by atoms with van der Waals surface area (Å²) in [5, 5.41) is 16.1. The maximum absolute atomic E-state index is 13.1. The van der Waals surface area contributed by atoms with E-state index >= 15 is 0 Å². The standard InChI is InChI=1S/C27H33N5O6/c1-16-13-21(32-38-16)24(35)29-20(14-22(33)31-27(2,3)4)23(34)30-26(37-5)25(36)28-15-18-11-8-10-17-9-6-7-12-19(17)18/h6-13,20,26H,14-15H2,1-5H3,(H,28,36)(H,29,35)(H,30,34)(H,31,33)/t20-,26-/m0/s1. The molecule has 0 radical (unpaired) electrons. The zero-order chi connectivity index (χ0) is 27.9. The molecule has 11 nitrogen and oxygen atoms in total. The van der Waals surface area contributed by atoms with Gasteiger partial charge < -0.3 is 30.5 Å². The molecule has 0 fully saturated rings.